The summed E-state index contributed by atoms with van der Waals surface area (Å²) >= 11 is 2.67. The van der Waals surface area contributed by atoms with Gasteiger partial charge in [-0.05, 0) is 25.1 Å². The molecule has 1 N–H and O–H groups in total. The van der Waals surface area contributed by atoms with Crippen LogP contribution in [0.2, 0.25) is 0 Å². The molecular formula is C17H14FN3OS2. The van der Waals surface area contributed by atoms with E-state index in [9.17, 15) is 9.18 Å². The molecule has 0 aliphatic rings. The second-order valence-corrected chi connectivity index (χ2v) is 7.29. The molecule has 7 heteroatoms. The molecule has 1 heterocycles. The SMILES string of the molecule is Cc1ccc(C(=O)CSc2nnc(Nc3cccc(F)c3)s2)cc1. The molecule has 3 aromatic rings. The summed E-state index contributed by atoms with van der Waals surface area (Å²) < 4.78 is 13.8. The van der Waals surface area contributed by atoms with Crippen LogP contribution in [0.3, 0.4) is 0 Å². The van der Waals surface area contributed by atoms with Crippen molar-refractivity contribution in [2.75, 3.05) is 11.1 Å². The highest BCUT2D eigenvalue weighted by molar-refractivity contribution is 8.01. The molecule has 4 nitrogen and oxygen atoms in total. The molecule has 0 saturated heterocycles. The number of rotatable bonds is 6. The fraction of sp³-hybridized carbons (Fsp3) is 0.118. The summed E-state index contributed by atoms with van der Waals surface area (Å²) in [5.41, 5.74) is 2.42. The second kappa shape index (κ2) is 7.55. The third kappa shape index (κ3) is 4.39. The van der Waals surface area contributed by atoms with Gasteiger partial charge in [0.05, 0.1) is 5.75 Å². The number of Topliss-reactive ketones (excluding diaryl/α,β-unsaturated/α-hetero) is 1. The van der Waals surface area contributed by atoms with Crippen LogP contribution in [0.5, 0.6) is 0 Å². The summed E-state index contributed by atoms with van der Waals surface area (Å²) in [5.74, 6) is 0.0372. The van der Waals surface area contributed by atoms with E-state index in [2.05, 4.69) is 15.5 Å². The predicted molar refractivity (Wildman–Crippen MR) is 95.8 cm³/mol. The number of ketones is 1. The number of thioether (sulfide) groups is 1. The molecule has 0 radical (unpaired) electrons. The monoisotopic (exact) mass is 359 g/mol. The van der Waals surface area contributed by atoms with Crippen LogP contribution in [0.15, 0.2) is 52.9 Å². The number of hydrogen-bond acceptors (Lipinski definition) is 6. The van der Waals surface area contributed by atoms with E-state index in [0.717, 1.165) is 5.56 Å². The minimum atomic E-state index is -0.317. The molecule has 0 fully saturated rings. The van der Waals surface area contributed by atoms with Gasteiger partial charge < -0.3 is 5.32 Å². The summed E-state index contributed by atoms with van der Waals surface area (Å²) in [7, 11) is 0. The van der Waals surface area contributed by atoms with Crippen LogP contribution in [0.4, 0.5) is 15.2 Å². The van der Waals surface area contributed by atoms with Gasteiger partial charge in [0, 0.05) is 11.3 Å². The Bertz CT molecular complexity index is 849. The van der Waals surface area contributed by atoms with E-state index in [1.165, 1.54) is 35.2 Å². The lowest BCUT2D eigenvalue weighted by Gasteiger charge is -2.01. The van der Waals surface area contributed by atoms with Gasteiger partial charge in [-0.15, -0.1) is 10.2 Å². The zero-order valence-corrected chi connectivity index (χ0v) is 14.5. The Morgan fingerprint density at radius 1 is 1.21 bits per heavy atom. The number of hydrogen-bond donors (Lipinski definition) is 1. The third-order valence-corrected chi connectivity index (χ3v) is 5.15. The van der Waals surface area contributed by atoms with Gasteiger partial charge in [0.2, 0.25) is 5.13 Å². The molecule has 0 unspecified atom stereocenters. The molecule has 0 bridgehead atoms. The minimum Gasteiger partial charge on any atom is -0.330 e. The summed E-state index contributed by atoms with van der Waals surface area (Å²) in [6.45, 7) is 1.98. The topological polar surface area (TPSA) is 54.9 Å². The van der Waals surface area contributed by atoms with E-state index in [1.54, 1.807) is 12.1 Å². The Morgan fingerprint density at radius 3 is 2.75 bits per heavy atom. The number of nitrogens with one attached hydrogen (secondary N) is 1. The van der Waals surface area contributed by atoms with Crippen LogP contribution in [-0.4, -0.2) is 21.7 Å². The second-order valence-electron chi connectivity index (χ2n) is 5.09. The van der Waals surface area contributed by atoms with Gasteiger partial charge in [-0.25, -0.2) is 4.39 Å². The van der Waals surface area contributed by atoms with Gasteiger partial charge in [0.1, 0.15) is 5.82 Å². The first-order valence-electron chi connectivity index (χ1n) is 7.19. The van der Waals surface area contributed by atoms with Crippen molar-refractivity contribution >= 4 is 39.7 Å². The molecule has 1 aromatic heterocycles. The van der Waals surface area contributed by atoms with Crippen molar-refractivity contribution in [1.82, 2.24) is 10.2 Å². The molecule has 24 heavy (non-hydrogen) atoms. The van der Waals surface area contributed by atoms with Crippen molar-refractivity contribution in [3.05, 3.63) is 65.5 Å². The minimum absolute atomic E-state index is 0.0508. The van der Waals surface area contributed by atoms with Gasteiger partial charge in [0.25, 0.3) is 0 Å². The van der Waals surface area contributed by atoms with Crippen LogP contribution in [0.25, 0.3) is 0 Å². The van der Waals surface area contributed by atoms with E-state index < -0.39 is 0 Å². The van der Waals surface area contributed by atoms with Crippen molar-refractivity contribution in [3.63, 3.8) is 0 Å². The summed E-state index contributed by atoms with van der Waals surface area (Å²) in [6, 6.07) is 13.6. The van der Waals surface area contributed by atoms with E-state index in [4.69, 9.17) is 0 Å². The zero-order valence-electron chi connectivity index (χ0n) is 12.8. The smallest absolute Gasteiger partial charge is 0.210 e. The summed E-state index contributed by atoms with van der Waals surface area (Å²) in [4.78, 5) is 12.1. The maximum atomic E-state index is 13.2. The number of benzene rings is 2. The van der Waals surface area contributed by atoms with Crippen molar-refractivity contribution in [2.45, 2.75) is 11.3 Å². The number of halogens is 1. The molecule has 2 aromatic carbocycles. The van der Waals surface area contributed by atoms with E-state index in [0.29, 0.717) is 26.5 Å². The number of nitrogens with zero attached hydrogens (tertiary/aromatic N) is 2. The van der Waals surface area contributed by atoms with Gasteiger partial charge in [0.15, 0.2) is 10.1 Å². The highest BCUT2D eigenvalue weighted by atomic mass is 32.2. The van der Waals surface area contributed by atoms with Crippen molar-refractivity contribution in [1.29, 1.82) is 0 Å². The van der Waals surface area contributed by atoms with Crippen molar-refractivity contribution in [2.24, 2.45) is 0 Å². The van der Waals surface area contributed by atoms with Crippen LogP contribution in [-0.2, 0) is 0 Å². The molecule has 0 aliphatic carbocycles. The van der Waals surface area contributed by atoms with Crippen LogP contribution < -0.4 is 5.32 Å². The first-order chi connectivity index (χ1) is 11.6. The molecule has 3 rings (SSSR count). The van der Waals surface area contributed by atoms with Gasteiger partial charge in [-0.1, -0.05) is 59.0 Å². The van der Waals surface area contributed by atoms with Crippen LogP contribution in [0, 0.1) is 12.7 Å². The average Bonchev–Trinajstić information content (AvgIpc) is 3.01. The zero-order chi connectivity index (χ0) is 16.9. The number of anilines is 2. The normalized spacial score (nSPS) is 10.6. The molecule has 0 aliphatic heterocycles. The highest BCUT2D eigenvalue weighted by Gasteiger charge is 2.10. The Hall–Kier alpha value is -2.25. The van der Waals surface area contributed by atoms with Gasteiger partial charge in [-0.2, -0.15) is 0 Å². The fourth-order valence-electron chi connectivity index (χ4n) is 1.96. The van der Waals surface area contributed by atoms with Gasteiger partial charge in [-0.3, -0.25) is 4.79 Å². The van der Waals surface area contributed by atoms with E-state index in [1.807, 2.05) is 31.2 Å². The quantitative estimate of drug-likeness (QED) is 0.510. The Kier molecular flexibility index (Phi) is 5.22. The predicted octanol–water partition coefficient (Wildman–Crippen LogP) is 4.70. The lowest BCUT2D eigenvalue weighted by molar-refractivity contribution is 0.102. The third-order valence-electron chi connectivity index (χ3n) is 3.18. The first-order valence-corrected chi connectivity index (χ1v) is 8.99. The molecule has 122 valence electrons. The van der Waals surface area contributed by atoms with Gasteiger partial charge >= 0.3 is 0 Å². The summed E-state index contributed by atoms with van der Waals surface area (Å²) in [6.07, 6.45) is 0. The standard InChI is InChI=1S/C17H14FN3OS2/c1-11-5-7-12(8-6-11)15(22)10-23-17-21-20-16(24-17)19-14-4-2-3-13(18)9-14/h2-9H,10H2,1H3,(H,19,20). The lowest BCUT2D eigenvalue weighted by atomic mass is 10.1. The number of aromatic nitrogens is 2. The van der Waals surface area contributed by atoms with Crippen molar-refractivity contribution < 1.29 is 9.18 Å². The molecule has 0 amide bonds. The number of carbonyl (C=O) groups is 1. The maximum absolute atomic E-state index is 13.2. The number of aryl methyl sites for hydroxylation is 1. The molecule has 0 atom stereocenters. The molecular weight excluding hydrogens is 345 g/mol. The Labute approximate surface area is 147 Å². The fourth-order valence-corrected chi connectivity index (χ4v) is 3.63. The lowest BCUT2D eigenvalue weighted by Crippen LogP contribution is -2.01. The first kappa shape index (κ1) is 16.6. The molecule has 0 spiro atoms. The number of carbonyl (C=O) groups excluding carboxylic acids is 1. The Balaban J connectivity index is 1.58. The molecule has 0 saturated carbocycles. The van der Waals surface area contributed by atoms with Crippen LogP contribution >= 0.6 is 23.1 Å². The average molecular weight is 359 g/mol. The van der Waals surface area contributed by atoms with E-state index in [-0.39, 0.29) is 11.6 Å². The largest absolute Gasteiger partial charge is 0.330 e. The Morgan fingerprint density at radius 2 is 2.00 bits per heavy atom. The van der Waals surface area contributed by atoms with Crippen LogP contribution in [0.1, 0.15) is 15.9 Å². The van der Waals surface area contributed by atoms with E-state index >= 15 is 0 Å². The highest BCUT2D eigenvalue weighted by Crippen LogP contribution is 2.28. The summed E-state index contributed by atoms with van der Waals surface area (Å²) in [5, 5.41) is 11.6. The van der Waals surface area contributed by atoms with Crippen molar-refractivity contribution in [3.8, 4) is 0 Å². The maximum Gasteiger partial charge on any atom is 0.210 e.